The first-order valence-electron chi connectivity index (χ1n) is 3.67. The molecule has 1 nitrogen and oxygen atoms in total. The Morgan fingerprint density at radius 1 is 1.30 bits per heavy atom. The largest absolute Gasteiger partial charge is 0.406 e. The molecule has 0 bridgehead atoms. The SMILES string of the molecule is [SiH3]N1CCc2ccccc21. The van der Waals surface area contributed by atoms with Crippen molar-refractivity contribution in [3.8, 4) is 0 Å². The van der Waals surface area contributed by atoms with Gasteiger partial charge in [-0.1, -0.05) is 18.2 Å². The molecule has 0 N–H and O–H groups in total. The summed E-state index contributed by atoms with van der Waals surface area (Å²) in [6, 6.07) is 8.69. The maximum atomic E-state index is 2.44. The van der Waals surface area contributed by atoms with Crippen molar-refractivity contribution in [1.82, 2.24) is 0 Å². The second kappa shape index (κ2) is 2.13. The summed E-state index contributed by atoms with van der Waals surface area (Å²) < 4.78 is 2.44. The summed E-state index contributed by atoms with van der Waals surface area (Å²) in [5.41, 5.74) is 2.99. The number of para-hydroxylation sites is 1. The lowest BCUT2D eigenvalue weighted by Crippen LogP contribution is -2.14. The molecule has 1 aromatic carbocycles. The Morgan fingerprint density at radius 2 is 2.10 bits per heavy atom. The summed E-state index contributed by atoms with van der Waals surface area (Å²) in [5, 5.41) is 0. The lowest BCUT2D eigenvalue weighted by atomic mass is 10.2. The summed E-state index contributed by atoms with van der Waals surface area (Å²) in [6.45, 7) is 1.24. The number of rotatable bonds is 0. The molecule has 0 fully saturated rings. The van der Waals surface area contributed by atoms with E-state index in [9.17, 15) is 0 Å². The molecule has 0 spiro atoms. The number of hydrogen-bond donors (Lipinski definition) is 0. The molecule has 52 valence electrons. The number of nitrogens with zero attached hydrogens (tertiary/aromatic N) is 1. The van der Waals surface area contributed by atoms with Gasteiger partial charge < -0.3 is 4.57 Å². The third kappa shape index (κ3) is 0.761. The molecule has 0 saturated heterocycles. The number of fused-ring (bicyclic) bond motifs is 1. The summed E-state index contributed by atoms with van der Waals surface area (Å²) in [7, 11) is 1.16. The smallest absolute Gasteiger partial charge is 0.107 e. The molecule has 0 aliphatic carbocycles. The molecule has 1 aromatic rings. The van der Waals surface area contributed by atoms with E-state index in [4.69, 9.17) is 0 Å². The first kappa shape index (κ1) is 5.98. The van der Waals surface area contributed by atoms with Crippen LogP contribution < -0.4 is 4.57 Å². The third-order valence-corrected chi connectivity index (χ3v) is 3.05. The molecule has 2 heteroatoms. The minimum atomic E-state index is 1.16. The Labute approximate surface area is 64.2 Å². The van der Waals surface area contributed by atoms with E-state index in [1.165, 1.54) is 24.2 Å². The van der Waals surface area contributed by atoms with E-state index in [0.717, 1.165) is 10.4 Å². The lowest BCUT2D eigenvalue weighted by molar-refractivity contribution is 1.05. The Kier molecular flexibility index (Phi) is 1.27. The minimum Gasteiger partial charge on any atom is -0.406 e. The van der Waals surface area contributed by atoms with Gasteiger partial charge in [0.2, 0.25) is 0 Å². The van der Waals surface area contributed by atoms with Crippen LogP contribution in [0.15, 0.2) is 24.3 Å². The molecule has 1 aliphatic rings. The molecule has 0 amide bonds. The van der Waals surface area contributed by atoms with Crippen LogP contribution in [0, 0.1) is 0 Å². The maximum absolute atomic E-state index is 2.44. The maximum Gasteiger partial charge on any atom is 0.107 e. The van der Waals surface area contributed by atoms with E-state index in [2.05, 4.69) is 28.8 Å². The van der Waals surface area contributed by atoms with Gasteiger partial charge in [0.15, 0.2) is 0 Å². The number of benzene rings is 1. The molecule has 0 atom stereocenters. The highest BCUT2D eigenvalue weighted by molar-refractivity contribution is 6.18. The van der Waals surface area contributed by atoms with Crippen LogP contribution in [0.4, 0.5) is 5.69 Å². The number of hydrogen-bond acceptors (Lipinski definition) is 1. The van der Waals surface area contributed by atoms with Gasteiger partial charge in [-0.2, -0.15) is 0 Å². The van der Waals surface area contributed by atoms with Crippen LogP contribution in [-0.2, 0) is 6.42 Å². The van der Waals surface area contributed by atoms with Gasteiger partial charge in [-0.25, -0.2) is 0 Å². The zero-order chi connectivity index (χ0) is 6.97. The Hall–Kier alpha value is -0.763. The van der Waals surface area contributed by atoms with Gasteiger partial charge in [-0.3, -0.25) is 0 Å². The standard InChI is InChI=1S/C8H11NSi/c10-9-6-5-7-3-1-2-4-8(7)9/h1-4H,5-6H2,10H3. The Balaban J connectivity index is 2.51. The zero-order valence-corrected chi connectivity index (χ0v) is 8.17. The molecule has 0 radical (unpaired) electrons. The molecule has 0 aromatic heterocycles. The van der Waals surface area contributed by atoms with E-state index in [1.54, 1.807) is 0 Å². The van der Waals surface area contributed by atoms with E-state index in [0.29, 0.717) is 0 Å². The Bertz CT molecular complexity index is 247. The summed E-state index contributed by atoms with van der Waals surface area (Å²) in [5.74, 6) is 0. The quantitative estimate of drug-likeness (QED) is 0.481. The van der Waals surface area contributed by atoms with Crippen molar-refractivity contribution in [3.63, 3.8) is 0 Å². The molecular formula is C8H11NSi. The van der Waals surface area contributed by atoms with Gasteiger partial charge >= 0.3 is 0 Å². The van der Waals surface area contributed by atoms with Crippen LogP contribution in [0.5, 0.6) is 0 Å². The zero-order valence-electron chi connectivity index (χ0n) is 6.17. The summed E-state index contributed by atoms with van der Waals surface area (Å²) in [6.07, 6.45) is 1.25. The first-order valence-corrected chi connectivity index (χ1v) is 4.56. The second-order valence-electron chi connectivity index (χ2n) is 2.80. The van der Waals surface area contributed by atoms with Crippen molar-refractivity contribution in [2.24, 2.45) is 0 Å². The van der Waals surface area contributed by atoms with Gasteiger partial charge in [-0.05, 0) is 18.1 Å². The van der Waals surface area contributed by atoms with Crippen molar-refractivity contribution in [3.05, 3.63) is 29.8 Å². The molecular weight excluding hydrogens is 138 g/mol. The van der Waals surface area contributed by atoms with Crippen molar-refractivity contribution < 1.29 is 0 Å². The molecule has 1 heterocycles. The van der Waals surface area contributed by atoms with Gasteiger partial charge in [0.1, 0.15) is 10.4 Å². The minimum absolute atomic E-state index is 1.16. The molecule has 0 unspecified atom stereocenters. The van der Waals surface area contributed by atoms with Gasteiger partial charge in [0, 0.05) is 12.2 Å². The monoisotopic (exact) mass is 149 g/mol. The summed E-state index contributed by atoms with van der Waals surface area (Å²) in [4.78, 5) is 0. The normalized spacial score (nSPS) is 15.8. The highest BCUT2D eigenvalue weighted by Gasteiger charge is 2.12. The molecule has 10 heavy (non-hydrogen) atoms. The average Bonchev–Trinajstić information content (AvgIpc) is 2.34. The fourth-order valence-corrected chi connectivity index (χ4v) is 2.16. The first-order chi connectivity index (χ1) is 4.88. The van der Waals surface area contributed by atoms with Crippen LogP contribution in [0.1, 0.15) is 5.56 Å². The predicted octanol–water partition coefficient (Wildman–Crippen LogP) is 0.329. The van der Waals surface area contributed by atoms with Gasteiger partial charge in [-0.15, -0.1) is 0 Å². The fourth-order valence-electron chi connectivity index (χ4n) is 1.50. The highest BCUT2D eigenvalue weighted by atomic mass is 28.2. The van der Waals surface area contributed by atoms with Gasteiger partial charge in [0.05, 0.1) is 0 Å². The summed E-state index contributed by atoms with van der Waals surface area (Å²) >= 11 is 0. The van der Waals surface area contributed by atoms with E-state index >= 15 is 0 Å². The van der Waals surface area contributed by atoms with Crippen LogP contribution in [-0.4, -0.2) is 16.9 Å². The highest BCUT2D eigenvalue weighted by Crippen LogP contribution is 2.24. The molecule has 0 saturated carbocycles. The van der Waals surface area contributed by atoms with Crippen molar-refractivity contribution >= 4 is 16.1 Å². The van der Waals surface area contributed by atoms with Crippen molar-refractivity contribution in [2.45, 2.75) is 6.42 Å². The van der Waals surface area contributed by atoms with Crippen LogP contribution >= 0.6 is 0 Å². The average molecular weight is 149 g/mol. The van der Waals surface area contributed by atoms with Gasteiger partial charge in [0.25, 0.3) is 0 Å². The van der Waals surface area contributed by atoms with Crippen LogP contribution in [0.3, 0.4) is 0 Å². The fraction of sp³-hybridized carbons (Fsp3) is 0.250. The molecule has 1 aliphatic heterocycles. The Morgan fingerprint density at radius 3 is 2.90 bits per heavy atom. The molecule has 2 rings (SSSR count). The van der Waals surface area contributed by atoms with E-state index < -0.39 is 0 Å². The lowest BCUT2D eigenvalue weighted by Gasteiger charge is -2.10. The van der Waals surface area contributed by atoms with Crippen LogP contribution in [0.25, 0.3) is 0 Å². The number of anilines is 1. The third-order valence-electron chi connectivity index (χ3n) is 2.12. The van der Waals surface area contributed by atoms with Crippen LogP contribution in [0.2, 0.25) is 0 Å². The predicted molar refractivity (Wildman–Crippen MR) is 47.4 cm³/mol. The van der Waals surface area contributed by atoms with Crippen molar-refractivity contribution in [2.75, 3.05) is 11.1 Å². The van der Waals surface area contributed by atoms with E-state index in [1.807, 2.05) is 0 Å². The second-order valence-corrected chi connectivity index (χ2v) is 3.88. The van der Waals surface area contributed by atoms with E-state index in [-0.39, 0.29) is 0 Å². The topological polar surface area (TPSA) is 3.24 Å². The van der Waals surface area contributed by atoms with Crippen molar-refractivity contribution in [1.29, 1.82) is 0 Å².